The maximum Gasteiger partial charge on any atom is 0.129 e. The van der Waals surface area contributed by atoms with E-state index in [1.165, 1.54) is 43.1 Å². The van der Waals surface area contributed by atoms with E-state index < -0.39 is 0 Å². The van der Waals surface area contributed by atoms with E-state index in [2.05, 4.69) is 94.5 Å². The third-order valence-corrected chi connectivity index (χ3v) is 6.45. The van der Waals surface area contributed by atoms with Gasteiger partial charge in [0.05, 0.1) is 4.47 Å². The molecule has 6 aromatic rings. The van der Waals surface area contributed by atoms with Crippen molar-refractivity contribution in [1.82, 2.24) is 0 Å². The predicted molar refractivity (Wildman–Crippen MR) is 129 cm³/mol. The Morgan fingerprint density at radius 2 is 1.23 bits per heavy atom. The van der Waals surface area contributed by atoms with Crippen LogP contribution in [0.1, 0.15) is 11.1 Å². The summed E-state index contributed by atoms with van der Waals surface area (Å²) < 4.78 is 0.649. The van der Waals surface area contributed by atoms with Crippen LogP contribution in [-0.2, 0) is 0 Å². The Labute approximate surface area is 182 Å². The zero-order valence-electron chi connectivity index (χ0n) is 15.9. The summed E-state index contributed by atoms with van der Waals surface area (Å²) in [6.07, 6.45) is 0. The monoisotopic (exact) mass is 446 g/mol. The molecule has 30 heavy (non-hydrogen) atoms. The second-order valence-electron chi connectivity index (χ2n) is 7.51. The fraction of sp³-hybridized carbons (Fsp3) is 0. The van der Waals surface area contributed by atoms with E-state index in [1.807, 2.05) is 12.1 Å². The molecule has 6 aromatic carbocycles. The highest BCUT2D eigenvalue weighted by molar-refractivity contribution is 9.10. The molecule has 1 N–H and O–H groups in total. The Hall–Kier alpha value is -3.54. The van der Waals surface area contributed by atoms with Crippen LogP contribution < -0.4 is 0 Å². The summed E-state index contributed by atoms with van der Waals surface area (Å²) in [6.45, 7) is 0. The number of phenolic OH excluding ortho intramolecular Hbond substituents is 1. The van der Waals surface area contributed by atoms with E-state index in [9.17, 15) is 5.11 Å². The van der Waals surface area contributed by atoms with Gasteiger partial charge in [0.25, 0.3) is 0 Å². The molecule has 0 saturated carbocycles. The van der Waals surface area contributed by atoms with Crippen molar-refractivity contribution in [3.05, 3.63) is 101 Å². The largest absolute Gasteiger partial charge is 0.507 e. The molecule has 0 radical (unpaired) electrons. The minimum Gasteiger partial charge on any atom is -0.507 e. The van der Waals surface area contributed by atoms with Gasteiger partial charge in [0.2, 0.25) is 0 Å². The van der Waals surface area contributed by atoms with Gasteiger partial charge in [0, 0.05) is 11.1 Å². The molecule has 0 saturated heterocycles. The molecule has 0 unspecified atom stereocenters. The molecule has 0 aliphatic carbocycles. The molecule has 0 amide bonds. The Bertz CT molecular complexity index is 1620. The van der Waals surface area contributed by atoms with Crippen LogP contribution in [0.5, 0.6) is 5.75 Å². The molecule has 0 heterocycles. The smallest absolute Gasteiger partial charge is 0.129 e. The first-order chi connectivity index (χ1) is 14.7. The van der Waals surface area contributed by atoms with Crippen molar-refractivity contribution in [2.75, 3.05) is 0 Å². The molecule has 0 aliphatic heterocycles. The van der Waals surface area contributed by atoms with Crippen LogP contribution in [0, 0.1) is 11.8 Å². The van der Waals surface area contributed by atoms with Crippen LogP contribution in [0.15, 0.2) is 89.4 Å². The minimum absolute atomic E-state index is 0.218. The minimum atomic E-state index is 0.218. The SMILES string of the molecule is Oc1ccc(C#Cc2ccc3c4cccc5cccc(c6cccc2c63)c54)cc1Br. The molecule has 140 valence electrons. The predicted octanol–water partition coefficient (Wildman–Crippen LogP) is 7.61. The van der Waals surface area contributed by atoms with Gasteiger partial charge in [-0.25, -0.2) is 0 Å². The van der Waals surface area contributed by atoms with Gasteiger partial charge in [-0.05, 0) is 83.3 Å². The van der Waals surface area contributed by atoms with Crippen LogP contribution in [0.2, 0.25) is 0 Å². The van der Waals surface area contributed by atoms with Gasteiger partial charge in [-0.1, -0.05) is 72.5 Å². The average Bonchev–Trinajstić information content (AvgIpc) is 2.78. The second-order valence-corrected chi connectivity index (χ2v) is 8.37. The number of fused-ring (bicyclic) bond motifs is 2. The fourth-order valence-electron chi connectivity index (χ4n) is 4.48. The van der Waals surface area contributed by atoms with Crippen molar-refractivity contribution in [2.24, 2.45) is 0 Å². The van der Waals surface area contributed by atoms with Crippen LogP contribution in [-0.4, -0.2) is 5.11 Å². The summed E-state index contributed by atoms with van der Waals surface area (Å²) in [7, 11) is 0. The zero-order valence-corrected chi connectivity index (χ0v) is 17.5. The van der Waals surface area contributed by atoms with Gasteiger partial charge in [0.1, 0.15) is 5.75 Å². The van der Waals surface area contributed by atoms with Crippen molar-refractivity contribution in [3.63, 3.8) is 0 Å². The summed E-state index contributed by atoms with van der Waals surface area (Å²) in [5, 5.41) is 19.9. The summed E-state index contributed by atoms with van der Waals surface area (Å²) in [5.41, 5.74) is 1.86. The molecule has 0 bridgehead atoms. The highest BCUT2D eigenvalue weighted by Crippen LogP contribution is 2.40. The topological polar surface area (TPSA) is 20.2 Å². The Kier molecular flexibility index (Phi) is 3.75. The first kappa shape index (κ1) is 17.3. The van der Waals surface area contributed by atoms with Gasteiger partial charge in [-0.15, -0.1) is 0 Å². The maximum atomic E-state index is 9.71. The van der Waals surface area contributed by atoms with Crippen LogP contribution in [0.25, 0.3) is 43.1 Å². The third kappa shape index (κ3) is 2.49. The Morgan fingerprint density at radius 3 is 1.97 bits per heavy atom. The lowest BCUT2D eigenvalue weighted by Crippen LogP contribution is -1.88. The lowest BCUT2D eigenvalue weighted by molar-refractivity contribution is 0.472. The van der Waals surface area contributed by atoms with Crippen molar-refractivity contribution in [2.45, 2.75) is 0 Å². The molecule has 1 nitrogen and oxygen atoms in total. The van der Waals surface area contributed by atoms with E-state index in [0.717, 1.165) is 11.1 Å². The number of aromatic hydroxyl groups is 1. The van der Waals surface area contributed by atoms with Crippen molar-refractivity contribution >= 4 is 59.0 Å². The lowest BCUT2D eigenvalue weighted by atomic mass is 9.88. The lowest BCUT2D eigenvalue weighted by Gasteiger charge is -2.14. The summed E-state index contributed by atoms with van der Waals surface area (Å²) in [6, 6.07) is 29.2. The van der Waals surface area contributed by atoms with Crippen LogP contribution >= 0.6 is 15.9 Å². The molecule has 0 aromatic heterocycles. The van der Waals surface area contributed by atoms with Gasteiger partial charge >= 0.3 is 0 Å². The van der Waals surface area contributed by atoms with Gasteiger partial charge in [-0.3, -0.25) is 0 Å². The zero-order chi connectivity index (χ0) is 20.2. The Morgan fingerprint density at radius 1 is 0.600 bits per heavy atom. The number of hydrogen-bond donors (Lipinski definition) is 1. The molecule has 6 rings (SSSR count). The third-order valence-electron chi connectivity index (χ3n) is 5.81. The number of rotatable bonds is 0. The first-order valence-corrected chi connectivity index (χ1v) is 10.6. The number of hydrogen-bond acceptors (Lipinski definition) is 1. The van der Waals surface area contributed by atoms with E-state index in [1.54, 1.807) is 6.07 Å². The molecular formula is C28H15BrO. The van der Waals surface area contributed by atoms with Crippen LogP contribution in [0.4, 0.5) is 0 Å². The highest BCUT2D eigenvalue weighted by atomic mass is 79.9. The van der Waals surface area contributed by atoms with Crippen molar-refractivity contribution in [3.8, 4) is 17.6 Å². The van der Waals surface area contributed by atoms with Gasteiger partial charge in [0.15, 0.2) is 0 Å². The quantitative estimate of drug-likeness (QED) is 0.144. The summed E-state index contributed by atoms with van der Waals surface area (Å²) >= 11 is 3.36. The normalized spacial score (nSPS) is 11.4. The van der Waals surface area contributed by atoms with E-state index >= 15 is 0 Å². The first-order valence-electron chi connectivity index (χ1n) is 9.79. The number of phenols is 1. The maximum absolute atomic E-state index is 9.71. The van der Waals surface area contributed by atoms with Crippen LogP contribution in [0.3, 0.4) is 0 Å². The molecule has 2 heteroatoms. The molecular weight excluding hydrogens is 432 g/mol. The Balaban J connectivity index is 1.68. The van der Waals surface area contributed by atoms with Gasteiger partial charge in [-0.2, -0.15) is 0 Å². The van der Waals surface area contributed by atoms with E-state index in [0.29, 0.717) is 4.47 Å². The van der Waals surface area contributed by atoms with Crippen molar-refractivity contribution in [1.29, 1.82) is 0 Å². The summed E-state index contributed by atoms with van der Waals surface area (Å²) in [5.74, 6) is 6.81. The molecule has 0 fully saturated rings. The standard InChI is InChI=1S/C28H15BrO/c29-25-16-17(11-15-26(25)30)10-12-18-13-14-24-22-8-2-5-19-4-1-7-21(27(19)22)23-9-3-6-20(18)28(23)24/h1-9,11,13-16,30H. The molecule has 0 spiro atoms. The molecule has 0 atom stereocenters. The number of halogens is 1. The average molecular weight is 447 g/mol. The van der Waals surface area contributed by atoms with Crippen molar-refractivity contribution < 1.29 is 5.11 Å². The summed E-state index contributed by atoms with van der Waals surface area (Å²) in [4.78, 5) is 0. The van der Waals surface area contributed by atoms with E-state index in [-0.39, 0.29) is 5.75 Å². The number of benzene rings is 6. The molecule has 0 aliphatic rings. The second kappa shape index (κ2) is 6.49. The highest BCUT2D eigenvalue weighted by Gasteiger charge is 2.13. The van der Waals surface area contributed by atoms with E-state index in [4.69, 9.17) is 0 Å². The van der Waals surface area contributed by atoms with Gasteiger partial charge < -0.3 is 5.11 Å². The fourth-order valence-corrected chi connectivity index (χ4v) is 4.86.